The van der Waals surface area contributed by atoms with Gasteiger partial charge in [0.1, 0.15) is 5.82 Å². The monoisotopic (exact) mass is 262 g/mol. The smallest absolute Gasteiger partial charge is 0.126 e. The normalized spacial score (nSPS) is 12.8. The van der Waals surface area contributed by atoms with Gasteiger partial charge in [-0.1, -0.05) is 11.6 Å². The maximum absolute atomic E-state index is 13.3. The van der Waals surface area contributed by atoms with E-state index in [0.717, 1.165) is 12.2 Å². The summed E-state index contributed by atoms with van der Waals surface area (Å²) in [4.78, 5) is 0. The van der Waals surface area contributed by atoms with Gasteiger partial charge in [0, 0.05) is 11.4 Å². The summed E-state index contributed by atoms with van der Waals surface area (Å²) in [6, 6.07) is 4.43. The molecule has 0 saturated heterocycles. The topological polar surface area (TPSA) is 20.2 Å². The Morgan fingerprint density at radius 2 is 2.25 bits per heavy atom. The largest absolute Gasteiger partial charge is 0.393 e. The fourth-order valence-corrected chi connectivity index (χ4v) is 2.17. The van der Waals surface area contributed by atoms with Crippen LogP contribution in [0.25, 0.3) is 0 Å². The average molecular weight is 263 g/mol. The van der Waals surface area contributed by atoms with Crippen molar-refractivity contribution in [2.45, 2.75) is 25.4 Å². The maximum atomic E-state index is 13.3. The number of rotatable bonds is 6. The summed E-state index contributed by atoms with van der Waals surface area (Å²) in [5.41, 5.74) is 0.490. The van der Waals surface area contributed by atoms with Crippen LogP contribution in [-0.2, 0) is 6.42 Å². The van der Waals surface area contributed by atoms with E-state index >= 15 is 0 Å². The molecule has 1 nitrogen and oxygen atoms in total. The molecule has 0 amide bonds. The molecule has 90 valence electrons. The van der Waals surface area contributed by atoms with Gasteiger partial charge >= 0.3 is 0 Å². The van der Waals surface area contributed by atoms with E-state index in [-0.39, 0.29) is 5.82 Å². The van der Waals surface area contributed by atoms with E-state index in [2.05, 4.69) is 0 Å². The first-order valence-electron chi connectivity index (χ1n) is 5.24. The molecule has 0 radical (unpaired) electrons. The number of halogens is 2. The molecule has 0 bridgehead atoms. The van der Waals surface area contributed by atoms with E-state index in [1.54, 1.807) is 17.8 Å². The summed E-state index contributed by atoms with van der Waals surface area (Å²) < 4.78 is 13.3. The third-order valence-corrected chi connectivity index (χ3v) is 3.28. The van der Waals surface area contributed by atoms with Crippen molar-refractivity contribution in [3.63, 3.8) is 0 Å². The molecule has 1 atom stereocenters. The fraction of sp³-hybridized carbons (Fsp3) is 0.500. The van der Waals surface area contributed by atoms with Crippen LogP contribution in [0, 0.1) is 5.82 Å². The minimum Gasteiger partial charge on any atom is -0.393 e. The van der Waals surface area contributed by atoms with E-state index in [9.17, 15) is 9.50 Å². The molecule has 0 aliphatic rings. The highest BCUT2D eigenvalue weighted by molar-refractivity contribution is 7.98. The van der Waals surface area contributed by atoms with Crippen LogP contribution in [0.2, 0.25) is 5.02 Å². The SMILES string of the molecule is CSCCCC(O)Cc1cc(Cl)ccc1F. The van der Waals surface area contributed by atoms with Crippen molar-refractivity contribution in [1.29, 1.82) is 0 Å². The predicted octanol–water partition coefficient (Wildman–Crippen LogP) is 3.53. The number of hydrogen-bond donors (Lipinski definition) is 1. The number of aliphatic hydroxyl groups excluding tert-OH is 1. The van der Waals surface area contributed by atoms with Gasteiger partial charge in [-0.05, 0) is 48.6 Å². The third kappa shape index (κ3) is 4.73. The highest BCUT2D eigenvalue weighted by Gasteiger charge is 2.09. The van der Waals surface area contributed by atoms with Crippen molar-refractivity contribution in [3.05, 3.63) is 34.6 Å². The number of thioether (sulfide) groups is 1. The van der Waals surface area contributed by atoms with Crippen LogP contribution in [0.15, 0.2) is 18.2 Å². The highest BCUT2D eigenvalue weighted by atomic mass is 35.5. The van der Waals surface area contributed by atoms with Crippen LogP contribution in [0.5, 0.6) is 0 Å². The van der Waals surface area contributed by atoms with Gasteiger partial charge in [0.05, 0.1) is 6.10 Å². The summed E-state index contributed by atoms with van der Waals surface area (Å²) in [5.74, 6) is 0.725. The molecule has 0 fully saturated rings. The Labute approximate surface area is 105 Å². The second-order valence-corrected chi connectivity index (χ2v) is 5.15. The van der Waals surface area contributed by atoms with Crippen molar-refractivity contribution >= 4 is 23.4 Å². The molecular formula is C12H16ClFOS. The summed E-state index contributed by atoms with van der Waals surface area (Å²) in [6.07, 6.45) is 3.53. The molecule has 0 spiro atoms. The van der Waals surface area contributed by atoms with Crippen LogP contribution in [0.1, 0.15) is 18.4 Å². The van der Waals surface area contributed by atoms with E-state index < -0.39 is 6.10 Å². The average Bonchev–Trinajstić information content (AvgIpc) is 2.24. The van der Waals surface area contributed by atoms with E-state index in [1.807, 2.05) is 6.26 Å². The molecule has 1 aromatic rings. The van der Waals surface area contributed by atoms with Crippen molar-refractivity contribution in [3.8, 4) is 0 Å². The van der Waals surface area contributed by atoms with Crippen molar-refractivity contribution in [2.24, 2.45) is 0 Å². The number of aliphatic hydroxyl groups is 1. The lowest BCUT2D eigenvalue weighted by Gasteiger charge is -2.11. The highest BCUT2D eigenvalue weighted by Crippen LogP contribution is 2.17. The Bertz CT molecular complexity index is 333. The lowest BCUT2D eigenvalue weighted by Crippen LogP contribution is -2.11. The van der Waals surface area contributed by atoms with Gasteiger partial charge in [0.25, 0.3) is 0 Å². The second-order valence-electron chi connectivity index (χ2n) is 3.73. The van der Waals surface area contributed by atoms with Gasteiger partial charge in [-0.2, -0.15) is 11.8 Å². The van der Waals surface area contributed by atoms with E-state index in [1.165, 1.54) is 12.1 Å². The van der Waals surface area contributed by atoms with E-state index in [0.29, 0.717) is 23.4 Å². The Hall–Kier alpha value is -0.250. The summed E-state index contributed by atoms with van der Waals surface area (Å²) in [6.45, 7) is 0. The standard InChI is InChI=1S/C12H16ClFOS/c1-16-6-2-3-11(15)8-9-7-10(13)4-5-12(9)14/h4-5,7,11,15H,2-3,6,8H2,1H3. The molecule has 0 saturated carbocycles. The molecule has 0 heterocycles. The molecule has 0 aliphatic carbocycles. The van der Waals surface area contributed by atoms with Gasteiger partial charge in [0.2, 0.25) is 0 Å². The zero-order chi connectivity index (χ0) is 12.0. The molecule has 4 heteroatoms. The predicted molar refractivity (Wildman–Crippen MR) is 68.7 cm³/mol. The molecule has 1 unspecified atom stereocenters. The van der Waals surface area contributed by atoms with Crippen LogP contribution in [-0.4, -0.2) is 23.2 Å². The Balaban J connectivity index is 2.48. The molecule has 1 aromatic carbocycles. The van der Waals surface area contributed by atoms with Gasteiger partial charge in [-0.25, -0.2) is 4.39 Å². The fourth-order valence-electron chi connectivity index (χ4n) is 1.52. The van der Waals surface area contributed by atoms with Gasteiger partial charge in [0.15, 0.2) is 0 Å². The lowest BCUT2D eigenvalue weighted by molar-refractivity contribution is 0.163. The number of hydrogen-bond acceptors (Lipinski definition) is 2. The quantitative estimate of drug-likeness (QED) is 0.792. The molecular weight excluding hydrogens is 247 g/mol. The second kappa shape index (κ2) is 7.15. The van der Waals surface area contributed by atoms with Crippen LogP contribution < -0.4 is 0 Å². The van der Waals surface area contributed by atoms with Crippen molar-refractivity contribution in [1.82, 2.24) is 0 Å². The Kier molecular flexibility index (Phi) is 6.17. The summed E-state index contributed by atoms with van der Waals surface area (Å²) in [7, 11) is 0. The molecule has 1 rings (SSSR count). The summed E-state index contributed by atoms with van der Waals surface area (Å²) in [5, 5.41) is 10.2. The van der Waals surface area contributed by atoms with E-state index in [4.69, 9.17) is 11.6 Å². The molecule has 1 N–H and O–H groups in total. The molecule has 0 aliphatic heterocycles. The number of benzene rings is 1. The van der Waals surface area contributed by atoms with Gasteiger partial charge in [-0.15, -0.1) is 0 Å². The Morgan fingerprint density at radius 1 is 1.50 bits per heavy atom. The van der Waals surface area contributed by atoms with Gasteiger partial charge < -0.3 is 5.11 Å². The minimum atomic E-state index is -0.486. The molecule has 0 aromatic heterocycles. The Morgan fingerprint density at radius 3 is 2.94 bits per heavy atom. The van der Waals surface area contributed by atoms with Gasteiger partial charge in [-0.3, -0.25) is 0 Å². The van der Waals surface area contributed by atoms with Crippen LogP contribution >= 0.6 is 23.4 Å². The first-order valence-corrected chi connectivity index (χ1v) is 7.01. The lowest BCUT2D eigenvalue weighted by atomic mass is 10.0. The zero-order valence-corrected chi connectivity index (χ0v) is 10.8. The summed E-state index contributed by atoms with van der Waals surface area (Å²) >= 11 is 7.52. The molecule has 16 heavy (non-hydrogen) atoms. The zero-order valence-electron chi connectivity index (χ0n) is 9.25. The maximum Gasteiger partial charge on any atom is 0.126 e. The van der Waals surface area contributed by atoms with Crippen LogP contribution in [0.3, 0.4) is 0 Å². The first kappa shape index (κ1) is 13.8. The van der Waals surface area contributed by atoms with Crippen molar-refractivity contribution < 1.29 is 9.50 Å². The third-order valence-electron chi connectivity index (χ3n) is 2.35. The minimum absolute atomic E-state index is 0.298. The first-order chi connectivity index (χ1) is 7.63. The van der Waals surface area contributed by atoms with Crippen molar-refractivity contribution in [2.75, 3.05) is 12.0 Å². The van der Waals surface area contributed by atoms with Crippen LogP contribution in [0.4, 0.5) is 4.39 Å².